The van der Waals surface area contributed by atoms with Gasteiger partial charge in [0.1, 0.15) is 17.8 Å². The Hall–Kier alpha value is -2.35. The Morgan fingerprint density at radius 3 is 2.77 bits per heavy atom. The van der Waals surface area contributed by atoms with Gasteiger partial charge in [-0.15, -0.1) is 0 Å². The van der Waals surface area contributed by atoms with Crippen molar-refractivity contribution in [1.82, 2.24) is 10.2 Å². The van der Waals surface area contributed by atoms with E-state index in [9.17, 15) is 19.5 Å². The fraction of sp³-hybridized carbons (Fsp3) is 0.611. The van der Waals surface area contributed by atoms with Crippen LogP contribution in [-0.2, 0) is 20.8 Å². The van der Waals surface area contributed by atoms with Gasteiger partial charge in [0.05, 0.1) is 12.3 Å². The van der Waals surface area contributed by atoms with Gasteiger partial charge in [-0.25, -0.2) is 4.79 Å². The average Bonchev–Trinajstić information content (AvgIpc) is 3.29. The summed E-state index contributed by atoms with van der Waals surface area (Å²) >= 11 is 0. The van der Waals surface area contributed by atoms with E-state index < -0.39 is 30.0 Å². The van der Waals surface area contributed by atoms with Gasteiger partial charge in [-0.2, -0.15) is 0 Å². The summed E-state index contributed by atoms with van der Waals surface area (Å²) in [7, 11) is 0. The smallest absolute Gasteiger partial charge is 0.326 e. The molecule has 1 fully saturated rings. The summed E-state index contributed by atoms with van der Waals surface area (Å²) in [5, 5.41) is 12.0. The molecule has 2 heterocycles. The van der Waals surface area contributed by atoms with E-state index in [2.05, 4.69) is 5.32 Å². The predicted octanol–water partition coefficient (Wildman–Crippen LogP) is 0.756. The SMILES string of the molecule is CC[C@H](C)[C@H](NC(=O)[C@@H](N)Cc1ccco1)C(=O)N1CCC[C@H]1C(=O)O. The number of nitrogens with one attached hydrogen (secondary N) is 1. The Bertz CT molecular complexity index is 631. The number of likely N-dealkylation sites (tertiary alicyclic amines) is 1. The fourth-order valence-electron chi connectivity index (χ4n) is 3.15. The molecule has 144 valence electrons. The topological polar surface area (TPSA) is 126 Å². The number of carboxylic acids is 1. The Balaban J connectivity index is 2.07. The first-order valence-corrected chi connectivity index (χ1v) is 8.96. The third-order valence-electron chi connectivity index (χ3n) is 4.94. The minimum Gasteiger partial charge on any atom is -0.480 e. The van der Waals surface area contributed by atoms with Crippen LogP contribution in [0.4, 0.5) is 0 Å². The summed E-state index contributed by atoms with van der Waals surface area (Å²) in [6.07, 6.45) is 3.46. The molecule has 8 nitrogen and oxygen atoms in total. The summed E-state index contributed by atoms with van der Waals surface area (Å²) in [5.41, 5.74) is 5.94. The van der Waals surface area contributed by atoms with E-state index in [0.29, 0.717) is 31.6 Å². The number of nitrogens with two attached hydrogens (primary N) is 1. The van der Waals surface area contributed by atoms with Crippen molar-refractivity contribution in [2.24, 2.45) is 11.7 Å². The number of aliphatic carboxylic acids is 1. The van der Waals surface area contributed by atoms with Crippen molar-refractivity contribution in [3.63, 3.8) is 0 Å². The van der Waals surface area contributed by atoms with Gasteiger partial charge < -0.3 is 25.5 Å². The minimum atomic E-state index is -1.01. The Kier molecular flexibility index (Phi) is 6.79. The van der Waals surface area contributed by atoms with Crippen molar-refractivity contribution in [1.29, 1.82) is 0 Å². The van der Waals surface area contributed by atoms with Gasteiger partial charge in [-0.3, -0.25) is 9.59 Å². The maximum Gasteiger partial charge on any atom is 0.326 e. The number of carbonyl (C=O) groups is 3. The number of furan rings is 1. The molecule has 8 heteroatoms. The lowest BCUT2D eigenvalue weighted by Gasteiger charge is -2.31. The summed E-state index contributed by atoms with van der Waals surface area (Å²) in [4.78, 5) is 38.1. The molecule has 1 aliphatic rings. The third kappa shape index (κ3) is 4.63. The highest BCUT2D eigenvalue weighted by molar-refractivity contribution is 5.92. The van der Waals surface area contributed by atoms with E-state index in [1.54, 1.807) is 12.1 Å². The minimum absolute atomic E-state index is 0.141. The number of amides is 2. The zero-order chi connectivity index (χ0) is 19.3. The molecule has 1 aliphatic heterocycles. The van der Waals surface area contributed by atoms with E-state index >= 15 is 0 Å². The second-order valence-corrected chi connectivity index (χ2v) is 6.79. The van der Waals surface area contributed by atoms with E-state index in [4.69, 9.17) is 10.2 Å². The summed E-state index contributed by atoms with van der Waals surface area (Å²) in [6, 6.07) is 0.962. The fourth-order valence-corrected chi connectivity index (χ4v) is 3.15. The molecule has 0 spiro atoms. The van der Waals surface area contributed by atoms with Crippen molar-refractivity contribution in [2.45, 2.75) is 57.7 Å². The van der Waals surface area contributed by atoms with Crippen molar-refractivity contribution < 1.29 is 23.9 Å². The zero-order valence-corrected chi connectivity index (χ0v) is 15.2. The van der Waals surface area contributed by atoms with Crippen LogP contribution in [0.15, 0.2) is 22.8 Å². The highest BCUT2D eigenvalue weighted by Crippen LogP contribution is 2.21. The molecule has 2 rings (SSSR count). The van der Waals surface area contributed by atoms with Crippen molar-refractivity contribution in [3.05, 3.63) is 24.2 Å². The molecule has 0 aromatic carbocycles. The van der Waals surface area contributed by atoms with Gasteiger partial charge in [0.15, 0.2) is 0 Å². The third-order valence-corrected chi connectivity index (χ3v) is 4.94. The van der Waals surface area contributed by atoms with E-state index in [0.717, 1.165) is 0 Å². The first-order chi connectivity index (χ1) is 12.3. The quantitative estimate of drug-likeness (QED) is 0.624. The van der Waals surface area contributed by atoms with Crippen molar-refractivity contribution in [3.8, 4) is 0 Å². The number of nitrogens with zero attached hydrogens (tertiary/aromatic N) is 1. The Morgan fingerprint density at radius 1 is 1.46 bits per heavy atom. The molecule has 0 bridgehead atoms. The van der Waals surface area contributed by atoms with Gasteiger partial charge in [0.25, 0.3) is 0 Å². The summed E-state index contributed by atoms with van der Waals surface area (Å²) in [5.74, 6) is -1.38. The van der Waals surface area contributed by atoms with Crippen LogP contribution in [0.3, 0.4) is 0 Å². The van der Waals surface area contributed by atoms with Crippen LogP contribution in [-0.4, -0.2) is 52.5 Å². The summed E-state index contributed by atoms with van der Waals surface area (Å²) in [6.45, 7) is 4.16. The molecule has 1 aromatic heterocycles. The molecular weight excluding hydrogens is 338 g/mol. The normalized spacial score (nSPS) is 20.4. The average molecular weight is 365 g/mol. The van der Waals surface area contributed by atoms with Gasteiger partial charge in [0, 0.05) is 13.0 Å². The molecular formula is C18H27N3O5. The van der Waals surface area contributed by atoms with Gasteiger partial charge >= 0.3 is 5.97 Å². The molecule has 0 radical (unpaired) electrons. The lowest BCUT2D eigenvalue weighted by atomic mass is 9.96. The molecule has 2 amide bonds. The van der Waals surface area contributed by atoms with Gasteiger partial charge in [0.2, 0.25) is 11.8 Å². The number of carboxylic acid groups (broad SMARTS) is 1. The monoisotopic (exact) mass is 365 g/mol. The molecule has 26 heavy (non-hydrogen) atoms. The van der Waals surface area contributed by atoms with Crippen LogP contribution < -0.4 is 11.1 Å². The van der Waals surface area contributed by atoms with Crippen LogP contribution in [0.25, 0.3) is 0 Å². The van der Waals surface area contributed by atoms with Crippen LogP contribution >= 0.6 is 0 Å². The van der Waals surface area contributed by atoms with E-state index in [1.807, 2.05) is 13.8 Å². The number of hydrogen-bond acceptors (Lipinski definition) is 5. The highest BCUT2D eigenvalue weighted by atomic mass is 16.4. The van der Waals surface area contributed by atoms with Gasteiger partial charge in [-0.05, 0) is 30.9 Å². The van der Waals surface area contributed by atoms with E-state index in [-0.39, 0.29) is 18.2 Å². The van der Waals surface area contributed by atoms with Crippen molar-refractivity contribution >= 4 is 17.8 Å². The van der Waals surface area contributed by atoms with Crippen LogP contribution in [0.5, 0.6) is 0 Å². The predicted molar refractivity (Wildman–Crippen MR) is 94.1 cm³/mol. The van der Waals surface area contributed by atoms with E-state index in [1.165, 1.54) is 11.2 Å². The maximum absolute atomic E-state index is 12.9. The molecule has 1 aromatic rings. The molecule has 1 saturated heterocycles. The van der Waals surface area contributed by atoms with Crippen LogP contribution in [0.1, 0.15) is 38.9 Å². The number of carbonyl (C=O) groups excluding carboxylic acids is 2. The Morgan fingerprint density at radius 2 is 2.19 bits per heavy atom. The largest absolute Gasteiger partial charge is 0.480 e. The number of rotatable bonds is 8. The molecule has 0 unspecified atom stereocenters. The molecule has 0 aliphatic carbocycles. The first kappa shape index (κ1) is 20.0. The lowest BCUT2D eigenvalue weighted by molar-refractivity contribution is -0.150. The van der Waals surface area contributed by atoms with Crippen LogP contribution in [0, 0.1) is 5.92 Å². The standard InChI is InChI=1S/C18H27N3O5/c1-3-11(2)15(17(23)21-8-4-7-14(21)18(24)25)20-16(22)13(19)10-12-6-5-9-26-12/h5-6,9,11,13-15H,3-4,7-8,10,19H2,1-2H3,(H,20,22)(H,24,25)/t11-,13-,14-,15-/m0/s1. The number of hydrogen-bond donors (Lipinski definition) is 3. The maximum atomic E-state index is 12.9. The summed E-state index contributed by atoms with van der Waals surface area (Å²) < 4.78 is 5.20. The molecule has 4 atom stereocenters. The Labute approximate surface area is 152 Å². The zero-order valence-electron chi connectivity index (χ0n) is 15.2. The lowest BCUT2D eigenvalue weighted by Crippen LogP contribution is -2.57. The molecule has 0 saturated carbocycles. The second kappa shape index (κ2) is 8.84. The van der Waals surface area contributed by atoms with Gasteiger partial charge in [-0.1, -0.05) is 20.3 Å². The van der Waals surface area contributed by atoms with Crippen LogP contribution in [0.2, 0.25) is 0 Å². The van der Waals surface area contributed by atoms with Crippen molar-refractivity contribution in [2.75, 3.05) is 6.54 Å². The highest BCUT2D eigenvalue weighted by Gasteiger charge is 2.39. The second-order valence-electron chi connectivity index (χ2n) is 6.79. The molecule has 4 N–H and O–H groups in total. The first-order valence-electron chi connectivity index (χ1n) is 8.96.